The van der Waals surface area contributed by atoms with Gasteiger partial charge >= 0.3 is 0 Å². The number of fused-ring (bicyclic) bond motifs is 1. The number of rotatable bonds is 7. The predicted octanol–water partition coefficient (Wildman–Crippen LogP) is 4.83. The lowest BCUT2D eigenvalue weighted by Gasteiger charge is -2.29. The molecule has 2 atom stereocenters. The molecule has 1 aliphatic carbocycles. The Bertz CT molecular complexity index is 1070. The maximum atomic E-state index is 13.2. The van der Waals surface area contributed by atoms with Crippen LogP contribution in [-0.4, -0.2) is 23.9 Å². The van der Waals surface area contributed by atoms with Crippen LogP contribution >= 0.6 is 0 Å². The van der Waals surface area contributed by atoms with E-state index in [9.17, 15) is 9.59 Å². The highest BCUT2D eigenvalue weighted by Crippen LogP contribution is 2.29. The van der Waals surface area contributed by atoms with Gasteiger partial charge in [0.2, 0.25) is 5.91 Å². The summed E-state index contributed by atoms with van der Waals surface area (Å²) in [4.78, 5) is 25.7. The van der Waals surface area contributed by atoms with Crippen LogP contribution in [0, 0.1) is 5.92 Å². The lowest BCUT2D eigenvalue weighted by atomic mass is 9.85. The number of ether oxygens (including phenoxy) is 1. The molecule has 168 valence electrons. The number of carbonyl (C=O) groups is 2. The fourth-order valence-electron chi connectivity index (χ4n) is 4.31. The second-order valence-corrected chi connectivity index (χ2v) is 8.70. The highest BCUT2D eigenvalue weighted by atomic mass is 16.5. The average Bonchev–Trinajstić information content (AvgIpc) is 3.17. The molecule has 6 heteroatoms. The molecule has 4 rings (SSSR count). The minimum Gasteiger partial charge on any atom is -0.489 e. The van der Waals surface area contributed by atoms with E-state index in [1.807, 2.05) is 68.4 Å². The molecule has 0 saturated heterocycles. The second-order valence-electron chi connectivity index (χ2n) is 8.70. The summed E-state index contributed by atoms with van der Waals surface area (Å²) in [6.07, 6.45) is 3.25. The first kappa shape index (κ1) is 21.9. The van der Waals surface area contributed by atoms with Crippen molar-refractivity contribution in [3.05, 3.63) is 65.9 Å². The van der Waals surface area contributed by atoms with E-state index in [4.69, 9.17) is 9.15 Å². The predicted molar refractivity (Wildman–Crippen MR) is 123 cm³/mol. The molecule has 1 aliphatic rings. The number of hydrogen-bond acceptors (Lipinski definition) is 4. The largest absolute Gasteiger partial charge is 0.489 e. The molecule has 6 nitrogen and oxygen atoms in total. The van der Waals surface area contributed by atoms with Crippen LogP contribution in [0.25, 0.3) is 11.0 Å². The maximum absolute atomic E-state index is 13.2. The quantitative estimate of drug-likeness (QED) is 0.558. The molecule has 32 heavy (non-hydrogen) atoms. The second kappa shape index (κ2) is 9.90. The zero-order valence-electron chi connectivity index (χ0n) is 18.6. The van der Waals surface area contributed by atoms with E-state index in [0.717, 1.165) is 36.0 Å². The summed E-state index contributed by atoms with van der Waals surface area (Å²) < 4.78 is 11.9. The summed E-state index contributed by atoms with van der Waals surface area (Å²) in [6, 6.07) is 17.2. The summed E-state index contributed by atoms with van der Waals surface area (Å²) >= 11 is 0. The topological polar surface area (TPSA) is 80.6 Å². The average molecular weight is 435 g/mol. The van der Waals surface area contributed by atoms with Crippen molar-refractivity contribution in [2.45, 2.75) is 58.2 Å². The molecule has 1 heterocycles. The SMILES string of the molecule is CC(C)NC(=O)C1CCCC(NC(=O)c2oc3ccccc3c2COc2ccccc2)C1. The Morgan fingerprint density at radius 3 is 2.59 bits per heavy atom. The molecule has 2 unspecified atom stereocenters. The smallest absolute Gasteiger partial charge is 0.287 e. The summed E-state index contributed by atoms with van der Waals surface area (Å²) in [6.45, 7) is 4.15. The molecule has 1 fully saturated rings. The summed E-state index contributed by atoms with van der Waals surface area (Å²) in [5.74, 6) is 0.738. The van der Waals surface area contributed by atoms with Crippen LogP contribution in [0.3, 0.4) is 0 Å². The van der Waals surface area contributed by atoms with Gasteiger partial charge in [0.25, 0.3) is 5.91 Å². The van der Waals surface area contributed by atoms with Gasteiger partial charge in [-0.15, -0.1) is 0 Å². The molecule has 2 aromatic carbocycles. The Morgan fingerprint density at radius 1 is 1.06 bits per heavy atom. The van der Waals surface area contributed by atoms with E-state index in [0.29, 0.717) is 12.0 Å². The Kier molecular flexibility index (Phi) is 6.78. The highest BCUT2D eigenvalue weighted by Gasteiger charge is 2.30. The minimum atomic E-state index is -0.261. The van der Waals surface area contributed by atoms with Crippen molar-refractivity contribution < 1.29 is 18.7 Å². The number of para-hydroxylation sites is 2. The van der Waals surface area contributed by atoms with E-state index >= 15 is 0 Å². The van der Waals surface area contributed by atoms with E-state index in [1.54, 1.807) is 0 Å². The molecule has 1 saturated carbocycles. The molecule has 1 aromatic heterocycles. The standard InChI is InChI=1S/C26H30N2O4/c1-17(2)27-25(29)18-9-8-10-19(15-18)28-26(30)24-22(16-31-20-11-4-3-5-12-20)21-13-6-7-14-23(21)32-24/h3-7,11-14,17-19H,8-10,15-16H2,1-2H3,(H,27,29)(H,28,30). The molecule has 3 aromatic rings. The molecule has 0 spiro atoms. The first-order valence-corrected chi connectivity index (χ1v) is 11.3. The van der Waals surface area contributed by atoms with E-state index in [-0.39, 0.29) is 42.2 Å². The normalized spacial score (nSPS) is 18.5. The summed E-state index contributed by atoms with van der Waals surface area (Å²) in [7, 11) is 0. The number of carbonyl (C=O) groups excluding carboxylic acids is 2. The van der Waals surface area contributed by atoms with Gasteiger partial charge in [-0.2, -0.15) is 0 Å². The van der Waals surface area contributed by atoms with Crippen LogP contribution in [0.5, 0.6) is 5.75 Å². The minimum absolute atomic E-state index is 0.0599. The third kappa shape index (κ3) is 5.13. The first-order valence-electron chi connectivity index (χ1n) is 11.3. The lowest BCUT2D eigenvalue weighted by molar-refractivity contribution is -0.126. The fourth-order valence-corrected chi connectivity index (χ4v) is 4.31. The van der Waals surface area contributed by atoms with Crippen molar-refractivity contribution in [2.75, 3.05) is 0 Å². The van der Waals surface area contributed by atoms with Crippen molar-refractivity contribution in [1.29, 1.82) is 0 Å². The molecule has 2 amide bonds. The zero-order chi connectivity index (χ0) is 22.5. The summed E-state index contributed by atoms with van der Waals surface area (Å²) in [5, 5.41) is 6.96. The van der Waals surface area contributed by atoms with E-state index < -0.39 is 0 Å². The molecule has 0 radical (unpaired) electrons. The van der Waals surface area contributed by atoms with Crippen LogP contribution in [0.1, 0.15) is 55.6 Å². The third-order valence-corrected chi connectivity index (χ3v) is 5.84. The number of nitrogens with one attached hydrogen (secondary N) is 2. The van der Waals surface area contributed by atoms with Gasteiger partial charge in [-0.25, -0.2) is 0 Å². The Morgan fingerprint density at radius 2 is 1.81 bits per heavy atom. The number of hydrogen-bond donors (Lipinski definition) is 2. The first-order chi connectivity index (χ1) is 15.5. The number of furan rings is 1. The van der Waals surface area contributed by atoms with Gasteiger partial charge in [-0.3, -0.25) is 9.59 Å². The van der Waals surface area contributed by atoms with Crippen molar-refractivity contribution in [3.8, 4) is 5.75 Å². The Labute approximate surface area is 188 Å². The molecular formula is C26H30N2O4. The van der Waals surface area contributed by atoms with Crippen molar-refractivity contribution in [2.24, 2.45) is 5.92 Å². The van der Waals surface area contributed by atoms with Crippen LogP contribution in [-0.2, 0) is 11.4 Å². The van der Waals surface area contributed by atoms with Crippen molar-refractivity contribution in [3.63, 3.8) is 0 Å². The monoisotopic (exact) mass is 434 g/mol. The van der Waals surface area contributed by atoms with Gasteiger partial charge in [0.15, 0.2) is 5.76 Å². The van der Waals surface area contributed by atoms with E-state index in [1.165, 1.54) is 0 Å². The number of amides is 2. The van der Waals surface area contributed by atoms with Crippen molar-refractivity contribution >= 4 is 22.8 Å². The van der Waals surface area contributed by atoms with Gasteiger partial charge in [0.1, 0.15) is 17.9 Å². The van der Waals surface area contributed by atoms with Gasteiger partial charge in [-0.05, 0) is 51.3 Å². The van der Waals surface area contributed by atoms with Crippen LogP contribution in [0.15, 0.2) is 59.0 Å². The van der Waals surface area contributed by atoms with Gasteiger partial charge < -0.3 is 19.8 Å². The number of benzene rings is 2. The van der Waals surface area contributed by atoms with Crippen LogP contribution in [0.2, 0.25) is 0 Å². The highest BCUT2D eigenvalue weighted by molar-refractivity contribution is 5.99. The van der Waals surface area contributed by atoms with Gasteiger partial charge in [0, 0.05) is 29.0 Å². The van der Waals surface area contributed by atoms with Crippen molar-refractivity contribution in [1.82, 2.24) is 10.6 Å². The van der Waals surface area contributed by atoms with Crippen LogP contribution in [0.4, 0.5) is 0 Å². The summed E-state index contributed by atoms with van der Waals surface area (Å²) in [5.41, 5.74) is 1.38. The fraction of sp³-hybridized carbons (Fsp3) is 0.385. The lowest BCUT2D eigenvalue weighted by Crippen LogP contribution is -2.43. The molecule has 2 N–H and O–H groups in total. The third-order valence-electron chi connectivity index (χ3n) is 5.84. The Hall–Kier alpha value is -3.28. The molecule has 0 aliphatic heterocycles. The molecular weight excluding hydrogens is 404 g/mol. The zero-order valence-corrected chi connectivity index (χ0v) is 18.6. The maximum Gasteiger partial charge on any atom is 0.287 e. The van der Waals surface area contributed by atoms with Gasteiger partial charge in [-0.1, -0.05) is 42.8 Å². The molecule has 0 bridgehead atoms. The Balaban J connectivity index is 1.50. The van der Waals surface area contributed by atoms with Crippen LogP contribution < -0.4 is 15.4 Å². The van der Waals surface area contributed by atoms with Gasteiger partial charge in [0.05, 0.1) is 0 Å². The van der Waals surface area contributed by atoms with E-state index in [2.05, 4.69) is 10.6 Å².